The van der Waals surface area contributed by atoms with E-state index in [1.165, 1.54) is 0 Å². The monoisotopic (exact) mass is 367 g/mol. The first-order chi connectivity index (χ1) is 11.8. The lowest BCUT2D eigenvalue weighted by Crippen LogP contribution is -2.55. The minimum atomic E-state index is -2.99. The molecule has 2 fully saturated rings. The Hall–Kier alpha value is -1.80. The van der Waals surface area contributed by atoms with Crippen molar-refractivity contribution in [2.45, 2.75) is 25.4 Å². The lowest BCUT2D eigenvalue weighted by molar-refractivity contribution is -0.126. The van der Waals surface area contributed by atoms with Crippen LogP contribution in [0.25, 0.3) is 0 Å². The highest BCUT2D eigenvalue weighted by Gasteiger charge is 2.32. The molecular formula is C17H25N3O4S. The van der Waals surface area contributed by atoms with Gasteiger partial charge in [0.05, 0.1) is 17.5 Å². The maximum atomic E-state index is 12.4. The quantitative estimate of drug-likeness (QED) is 0.791. The van der Waals surface area contributed by atoms with Crippen molar-refractivity contribution in [3.63, 3.8) is 0 Å². The lowest BCUT2D eigenvalue weighted by Gasteiger charge is -2.38. The summed E-state index contributed by atoms with van der Waals surface area (Å²) in [7, 11) is -2.99. The van der Waals surface area contributed by atoms with Crippen LogP contribution in [0.15, 0.2) is 24.3 Å². The summed E-state index contributed by atoms with van der Waals surface area (Å²) in [5, 5.41) is 12.3. The van der Waals surface area contributed by atoms with Crippen molar-refractivity contribution in [1.29, 1.82) is 0 Å². The summed E-state index contributed by atoms with van der Waals surface area (Å²) < 4.78 is 23.0. The second-order valence-electron chi connectivity index (χ2n) is 6.82. The van der Waals surface area contributed by atoms with E-state index in [2.05, 4.69) is 15.1 Å². The number of hydrogen-bond donors (Lipinski definition) is 2. The van der Waals surface area contributed by atoms with Crippen LogP contribution in [-0.2, 0) is 14.6 Å². The summed E-state index contributed by atoms with van der Waals surface area (Å²) in [6.45, 7) is 5.01. The SMILES string of the molecule is C[C@H](C(=O)N[C@H]1CCS(=O)(=O)C1)N1CCN(c2ccc(O)cc2)CC1. The molecule has 0 aromatic heterocycles. The van der Waals surface area contributed by atoms with Gasteiger partial charge in [0.25, 0.3) is 0 Å². The largest absolute Gasteiger partial charge is 0.508 e. The molecule has 2 aliphatic rings. The average Bonchev–Trinajstić information content (AvgIpc) is 2.93. The standard InChI is InChI=1S/C17H25N3O4S/c1-13(17(22)18-14-6-11-25(23,24)12-14)19-7-9-20(10-8-19)15-2-4-16(21)5-3-15/h2-5,13-14,21H,6-12H2,1H3,(H,18,22)/t13-,14+/m1/s1. The molecule has 138 valence electrons. The van der Waals surface area contributed by atoms with Gasteiger partial charge in [0.15, 0.2) is 9.84 Å². The molecule has 0 unspecified atom stereocenters. The first-order valence-corrected chi connectivity index (χ1v) is 10.4. The van der Waals surface area contributed by atoms with E-state index < -0.39 is 9.84 Å². The Morgan fingerprint density at radius 3 is 2.40 bits per heavy atom. The van der Waals surface area contributed by atoms with Gasteiger partial charge in [-0.3, -0.25) is 9.69 Å². The molecule has 0 bridgehead atoms. The molecule has 7 nitrogen and oxygen atoms in total. The van der Waals surface area contributed by atoms with Gasteiger partial charge in [-0.1, -0.05) is 0 Å². The van der Waals surface area contributed by atoms with Gasteiger partial charge in [0.2, 0.25) is 5.91 Å². The van der Waals surface area contributed by atoms with Crippen LogP contribution in [0.1, 0.15) is 13.3 Å². The molecule has 2 saturated heterocycles. The molecule has 25 heavy (non-hydrogen) atoms. The van der Waals surface area contributed by atoms with E-state index in [9.17, 15) is 18.3 Å². The van der Waals surface area contributed by atoms with E-state index in [1.807, 2.05) is 19.1 Å². The predicted octanol–water partition coefficient (Wildman–Crippen LogP) is 0.206. The third kappa shape index (κ3) is 4.43. The molecule has 8 heteroatoms. The molecule has 1 aromatic rings. The number of benzene rings is 1. The minimum Gasteiger partial charge on any atom is -0.508 e. The number of nitrogens with zero attached hydrogens (tertiary/aromatic N) is 2. The highest BCUT2D eigenvalue weighted by atomic mass is 32.2. The molecule has 2 heterocycles. The van der Waals surface area contributed by atoms with E-state index in [1.54, 1.807) is 12.1 Å². The van der Waals surface area contributed by atoms with Gasteiger partial charge in [-0.05, 0) is 37.6 Å². The molecule has 1 amide bonds. The smallest absolute Gasteiger partial charge is 0.237 e. The maximum Gasteiger partial charge on any atom is 0.237 e. The number of amides is 1. The van der Waals surface area contributed by atoms with Crippen LogP contribution >= 0.6 is 0 Å². The summed E-state index contributed by atoms with van der Waals surface area (Å²) >= 11 is 0. The fourth-order valence-corrected chi connectivity index (χ4v) is 5.10. The molecular weight excluding hydrogens is 342 g/mol. The Kier molecular flexibility index (Phi) is 5.19. The van der Waals surface area contributed by atoms with E-state index in [0.717, 1.165) is 31.9 Å². The Morgan fingerprint density at radius 2 is 1.84 bits per heavy atom. The molecule has 3 rings (SSSR count). The molecule has 2 aliphatic heterocycles. The van der Waals surface area contributed by atoms with Gasteiger partial charge < -0.3 is 15.3 Å². The van der Waals surface area contributed by atoms with Crippen molar-refractivity contribution in [3.05, 3.63) is 24.3 Å². The normalized spacial score (nSPS) is 24.8. The zero-order chi connectivity index (χ0) is 18.0. The van der Waals surface area contributed by atoms with Gasteiger partial charge in [0, 0.05) is 37.9 Å². The summed E-state index contributed by atoms with van der Waals surface area (Å²) in [4.78, 5) is 16.8. The van der Waals surface area contributed by atoms with E-state index in [-0.39, 0.29) is 35.2 Å². The number of carbonyl (C=O) groups is 1. The highest BCUT2D eigenvalue weighted by Crippen LogP contribution is 2.20. The third-order valence-electron chi connectivity index (χ3n) is 5.04. The van der Waals surface area contributed by atoms with Crippen LogP contribution in [0.3, 0.4) is 0 Å². The molecule has 1 aromatic carbocycles. The van der Waals surface area contributed by atoms with Gasteiger partial charge in [-0.25, -0.2) is 8.42 Å². The van der Waals surface area contributed by atoms with Crippen LogP contribution in [-0.4, -0.2) is 74.1 Å². The molecule has 0 radical (unpaired) electrons. The summed E-state index contributed by atoms with van der Waals surface area (Å²) in [6, 6.07) is 6.60. The van der Waals surface area contributed by atoms with Crippen molar-refractivity contribution < 1.29 is 18.3 Å². The maximum absolute atomic E-state index is 12.4. The van der Waals surface area contributed by atoms with Crippen LogP contribution in [0.2, 0.25) is 0 Å². The lowest BCUT2D eigenvalue weighted by atomic mass is 10.1. The molecule has 2 N–H and O–H groups in total. The Balaban J connectivity index is 1.50. The number of hydrogen-bond acceptors (Lipinski definition) is 6. The first kappa shape index (κ1) is 18.0. The van der Waals surface area contributed by atoms with Crippen LogP contribution in [0.4, 0.5) is 5.69 Å². The van der Waals surface area contributed by atoms with Crippen LogP contribution in [0.5, 0.6) is 5.75 Å². The Morgan fingerprint density at radius 1 is 1.20 bits per heavy atom. The number of rotatable bonds is 4. The van der Waals surface area contributed by atoms with Crippen LogP contribution < -0.4 is 10.2 Å². The predicted molar refractivity (Wildman–Crippen MR) is 96.6 cm³/mol. The third-order valence-corrected chi connectivity index (χ3v) is 6.80. The number of carbonyl (C=O) groups excluding carboxylic acids is 1. The Labute approximate surface area is 148 Å². The molecule has 0 aliphatic carbocycles. The number of phenols is 1. The van der Waals surface area contributed by atoms with Gasteiger partial charge >= 0.3 is 0 Å². The topological polar surface area (TPSA) is 90.0 Å². The number of nitrogens with one attached hydrogen (secondary N) is 1. The first-order valence-electron chi connectivity index (χ1n) is 8.63. The fraction of sp³-hybridized carbons (Fsp3) is 0.588. The van der Waals surface area contributed by atoms with Crippen molar-refractivity contribution >= 4 is 21.4 Å². The number of phenolic OH excluding ortho intramolecular Hbond substituents is 1. The molecule has 2 atom stereocenters. The number of piperazine rings is 1. The summed E-state index contributed by atoms with van der Waals surface area (Å²) in [5.41, 5.74) is 1.06. The fourth-order valence-electron chi connectivity index (χ4n) is 3.43. The van der Waals surface area contributed by atoms with Gasteiger partial charge in [-0.2, -0.15) is 0 Å². The summed E-state index contributed by atoms with van der Waals surface area (Å²) in [5.74, 6) is 0.374. The van der Waals surface area contributed by atoms with Crippen molar-refractivity contribution in [2.24, 2.45) is 0 Å². The number of aromatic hydroxyl groups is 1. The van der Waals surface area contributed by atoms with Crippen molar-refractivity contribution in [1.82, 2.24) is 10.2 Å². The van der Waals surface area contributed by atoms with Gasteiger partial charge in [0.1, 0.15) is 5.75 Å². The highest BCUT2D eigenvalue weighted by molar-refractivity contribution is 7.91. The molecule has 0 spiro atoms. The second kappa shape index (κ2) is 7.21. The molecule has 0 saturated carbocycles. The van der Waals surface area contributed by atoms with Crippen molar-refractivity contribution in [2.75, 3.05) is 42.6 Å². The van der Waals surface area contributed by atoms with E-state index in [0.29, 0.717) is 6.42 Å². The average molecular weight is 367 g/mol. The second-order valence-corrected chi connectivity index (χ2v) is 9.05. The van der Waals surface area contributed by atoms with E-state index in [4.69, 9.17) is 0 Å². The summed E-state index contributed by atoms with van der Waals surface area (Å²) in [6.07, 6.45) is 0.509. The van der Waals surface area contributed by atoms with Crippen LogP contribution in [0, 0.1) is 0 Å². The zero-order valence-electron chi connectivity index (χ0n) is 14.4. The zero-order valence-corrected chi connectivity index (χ0v) is 15.2. The minimum absolute atomic E-state index is 0.0556. The van der Waals surface area contributed by atoms with E-state index >= 15 is 0 Å². The van der Waals surface area contributed by atoms with Crippen molar-refractivity contribution in [3.8, 4) is 5.75 Å². The number of anilines is 1. The Bertz CT molecular complexity index is 712. The number of sulfone groups is 1. The van der Waals surface area contributed by atoms with Gasteiger partial charge in [-0.15, -0.1) is 0 Å².